The van der Waals surface area contributed by atoms with Gasteiger partial charge >= 0.3 is 0 Å². The summed E-state index contributed by atoms with van der Waals surface area (Å²) in [7, 11) is 0. The molecule has 1 N–H and O–H groups in total. The Hall–Kier alpha value is -4.01. The van der Waals surface area contributed by atoms with Crippen molar-refractivity contribution in [2.75, 3.05) is 0 Å². The van der Waals surface area contributed by atoms with Crippen molar-refractivity contribution < 1.29 is 14.3 Å². The van der Waals surface area contributed by atoms with Crippen LogP contribution in [0.5, 0.6) is 0 Å². The number of furan rings is 1. The summed E-state index contributed by atoms with van der Waals surface area (Å²) in [5, 5.41) is 21.6. The lowest BCUT2D eigenvalue weighted by Gasteiger charge is -1.96. The van der Waals surface area contributed by atoms with Crippen LogP contribution in [-0.4, -0.2) is 19.8 Å². The Bertz CT molecular complexity index is 1140. The van der Waals surface area contributed by atoms with E-state index in [0.29, 0.717) is 33.9 Å². The van der Waals surface area contributed by atoms with Gasteiger partial charge in [-0.05, 0) is 30.3 Å². The van der Waals surface area contributed by atoms with Crippen LogP contribution >= 0.6 is 0 Å². The number of H-pyrrole nitrogens is 1. The predicted octanol–water partition coefficient (Wildman–Crippen LogP) is 4.31. The Labute approximate surface area is 145 Å². The van der Waals surface area contributed by atoms with Gasteiger partial charge in [0.15, 0.2) is 11.6 Å². The number of hydrogen-bond acceptors (Lipinski definition) is 6. The van der Waals surface area contributed by atoms with Crippen molar-refractivity contribution in [2.24, 2.45) is 0 Å². The highest BCUT2D eigenvalue weighted by atomic mass is 16.6. The second-order valence-corrected chi connectivity index (χ2v) is 5.51. The third kappa shape index (κ3) is 2.67. The minimum atomic E-state index is -0.473. The smallest absolute Gasteiger partial charge is 0.271 e. The number of nitro groups is 2. The fraction of sp³-hybridized carbons (Fsp3) is 0. The first-order valence-electron chi connectivity index (χ1n) is 7.50. The summed E-state index contributed by atoms with van der Waals surface area (Å²) in [5.74, 6) is 1.42. The Morgan fingerprint density at radius 2 is 1.50 bits per heavy atom. The fourth-order valence-electron chi connectivity index (χ4n) is 2.60. The summed E-state index contributed by atoms with van der Waals surface area (Å²) in [5.41, 5.74) is 1.77. The Balaban J connectivity index is 1.68. The van der Waals surface area contributed by atoms with Crippen LogP contribution < -0.4 is 0 Å². The molecule has 0 bridgehead atoms. The van der Waals surface area contributed by atoms with Gasteiger partial charge in [-0.25, -0.2) is 4.98 Å². The van der Waals surface area contributed by atoms with Crippen molar-refractivity contribution >= 4 is 22.4 Å². The Kier molecular flexibility index (Phi) is 3.47. The lowest BCUT2D eigenvalue weighted by atomic mass is 10.1. The van der Waals surface area contributed by atoms with Crippen LogP contribution in [0.25, 0.3) is 33.9 Å². The van der Waals surface area contributed by atoms with Gasteiger partial charge in [-0.2, -0.15) is 0 Å². The first-order valence-corrected chi connectivity index (χ1v) is 7.50. The topological polar surface area (TPSA) is 128 Å². The maximum atomic E-state index is 10.9. The second kappa shape index (κ2) is 5.81. The van der Waals surface area contributed by atoms with Crippen LogP contribution in [0.2, 0.25) is 0 Å². The van der Waals surface area contributed by atoms with Gasteiger partial charge in [-0.3, -0.25) is 20.2 Å². The summed E-state index contributed by atoms with van der Waals surface area (Å²) in [6, 6.07) is 13.8. The van der Waals surface area contributed by atoms with E-state index in [4.69, 9.17) is 4.42 Å². The van der Waals surface area contributed by atoms with Gasteiger partial charge < -0.3 is 9.40 Å². The molecule has 4 aromatic rings. The van der Waals surface area contributed by atoms with E-state index in [1.807, 2.05) is 0 Å². The zero-order chi connectivity index (χ0) is 18.3. The fourth-order valence-corrected chi connectivity index (χ4v) is 2.60. The Morgan fingerprint density at radius 1 is 0.846 bits per heavy atom. The van der Waals surface area contributed by atoms with Crippen LogP contribution in [0.4, 0.5) is 11.4 Å². The zero-order valence-electron chi connectivity index (χ0n) is 13.1. The summed E-state index contributed by atoms with van der Waals surface area (Å²) in [4.78, 5) is 28.0. The van der Waals surface area contributed by atoms with Crippen LogP contribution in [0.1, 0.15) is 0 Å². The molecule has 0 radical (unpaired) electrons. The highest BCUT2D eigenvalue weighted by Crippen LogP contribution is 2.30. The van der Waals surface area contributed by atoms with E-state index in [0.717, 1.165) is 0 Å². The predicted molar refractivity (Wildman–Crippen MR) is 92.5 cm³/mol. The van der Waals surface area contributed by atoms with E-state index in [1.54, 1.807) is 30.3 Å². The van der Waals surface area contributed by atoms with Crippen molar-refractivity contribution in [3.05, 3.63) is 74.8 Å². The summed E-state index contributed by atoms with van der Waals surface area (Å²) < 4.78 is 5.77. The van der Waals surface area contributed by atoms with Crippen molar-refractivity contribution in [1.82, 2.24) is 9.97 Å². The van der Waals surface area contributed by atoms with E-state index in [9.17, 15) is 20.2 Å². The number of imidazole rings is 1. The van der Waals surface area contributed by atoms with Crippen LogP contribution in [-0.2, 0) is 0 Å². The number of hydrogen-bond donors (Lipinski definition) is 1. The van der Waals surface area contributed by atoms with Gasteiger partial charge in [0.05, 0.1) is 20.9 Å². The highest BCUT2D eigenvalue weighted by molar-refractivity contribution is 5.81. The first-order chi connectivity index (χ1) is 12.5. The molecule has 0 fully saturated rings. The standard InChI is InChI=1S/C17H10N4O5/c22-20(23)11-3-1-10(2-4-11)15-7-8-16(26-15)17-18-13-6-5-12(21(24)25)9-14(13)19-17/h1-9H,(H,18,19). The molecule has 0 aliphatic rings. The molecule has 2 aromatic carbocycles. The third-order valence-electron chi connectivity index (χ3n) is 3.88. The zero-order valence-corrected chi connectivity index (χ0v) is 13.1. The van der Waals surface area contributed by atoms with Crippen LogP contribution in [0, 0.1) is 20.2 Å². The normalized spacial score (nSPS) is 10.9. The number of nitrogens with zero attached hydrogens (tertiary/aromatic N) is 3. The molecule has 2 heterocycles. The number of fused-ring (bicyclic) bond motifs is 1. The maximum absolute atomic E-state index is 10.9. The molecule has 0 amide bonds. The molecule has 2 aromatic heterocycles. The molecule has 9 nitrogen and oxygen atoms in total. The largest absolute Gasteiger partial charge is 0.453 e. The van der Waals surface area contributed by atoms with Gasteiger partial charge in [0, 0.05) is 29.8 Å². The molecule has 128 valence electrons. The van der Waals surface area contributed by atoms with Gasteiger partial charge in [0.2, 0.25) is 0 Å². The van der Waals surface area contributed by atoms with E-state index >= 15 is 0 Å². The highest BCUT2D eigenvalue weighted by Gasteiger charge is 2.14. The minimum absolute atomic E-state index is 0.000548. The van der Waals surface area contributed by atoms with E-state index < -0.39 is 9.85 Å². The molecular weight excluding hydrogens is 340 g/mol. The molecule has 0 unspecified atom stereocenters. The summed E-state index contributed by atoms with van der Waals surface area (Å²) >= 11 is 0. The molecule has 0 saturated heterocycles. The van der Waals surface area contributed by atoms with E-state index in [1.165, 1.54) is 24.3 Å². The summed E-state index contributed by atoms with van der Waals surface area (Å²) in [6.07, 6.45) is 0. The van der Waals surface area contributed by atoms with Crippen LogP contribution in [0.3, 0.4) is 0 Å². The third-order valence-corrected chi connectivity index (χ3v) is 3.88. The second-order valence-electron chi connectivity index (χ2n) is 5.51. The number of nitro benzene ring substituents is 2. The summed E-state index contributed by atoms with van der Waals surface area (Å²) in [6.45, 7) is 0. The molecule has 0 saturated carbocycles. The molecule has 4 rings (SSSR count). The number of benzene rings is 2. The minimum Gasteiger partial charge on any atom is -0.453 e. The molecule has 0 aliphatic carbocycles. The van der Waals surface area contributed by atoms with Gasteiger partial charge in [-0.1, -0.05) is 0 Å². The van der Waals surface area contributed by atoms with Gasteiger partial charge in [0.25, 0.3) is 11.4 Å². The molecule has 9 heteroatoms. The number of non-ortho nitro benzene ring substituents is 2. The van der Waals surface area contributed by atoms with Crippen LogP contribution in [0.15, 0.2) is 59.0 Å². The van der Waals surface area contributed by atoms with Gasteiger partial charge in [-0.15, -0.1) is 0 Å². The average Bonchev–Trinajstić information content (AvgIpc) is 3.27. The van der Waals surface area contributed by atoms with Crippen molar-refractivity contribution in [3.63, 3.8) is 0 Å². The molecule has 0 spiro atoms. The van der Waals surface area contributed by atoms with Gasteiger partial charge in [0.1, 0.15) is 5.76 Å². The molecule has 0 atom stereocenters. The number of aromatic nitrogens is 2. The lowest BCUT2D eigenvalue weighted by Crippen LogP contribution is -1.86. The number of nitrogens with one attached hydrogen (secondary N) is 1. The van der Waals surface area contributed by atoms with Crippen molar-refractivity contribution in [1.29, 1.82) is 0 Å². The monoisotopic (exact) mass is 350 g/mol. The van der Waals surface area contributed by atoms with E-state index in [2.05, 4.69) is 9.97 Å². The average molecular weight is 350 g/mol. The molecule has 0 aliphatic heterocycles. The SMILES string of the molecule is O=[N+]([O-])c1ccc(-c2ccc(-c3nc4ccc([N+](=O)[O-])cc4[nH]3)o2)cc1. The first kappa shape index (κ1) is 15.5. The number of rotatable bonds is 4. The molecular formula is C17H10N4O5. The van der Waals surface area contributed by atoms with Crippen molar-refractivity contribution in [2.45, 2.75) is 0 Å². The number of aromatic amines is 1. The lowest BCUT2D eigenvalue weighted by molar-refractivity contribution is -0.385. The maximum Gasteiger partial charge on any atom is 0.271 e. The Morgan fingerprint density at radius 3 is 2.19 bits per heavy atom. The van der Waals surface area contributed by atoms with E-state index in [-0.39, 0.29) is 11.4 Å². The quantitative estimate of drug-likeness (QED) is 0.431. The molecule has 26 heavy (non-hydrogen) atoms. The van der Waals surface area contributed by atoms with Crippen molar-refractivity contribution in [3.8, 4) is 22.9 Å².